The quantitative estimate of drug-likeness (QED) is 0.282. The highest BCUT2D eigenvalue weighted by Gasteiger charge is 1.94. The number of allylic oxidation sites excluding steroid dienone is 1. The van der Waals surface area contributed by atoms with E-state index in [0.29, 0.717) is 0 Å². The van der Waals surface area contributed by atoms with Crippen molar-refractivity contribution in [3.05, 3.63) is 24.8 Å². The highest BCUT2D eigenvalue weighted by atomic mass is 35.5. The normalized spacial score (nSPS) is 12.9. The van der Waals surface area contributed by atoms with Gasteiger partial charge in [-0.2, -0.15) is 0 Å². The van der Waals surface area contributed by atoms with Gasteiger partial charge in [-0.25, -0.2) is 4.79 Å². The first-order valence-corrected chi connectivity index (χ1v) is 3.70. The van der Waals surface area contributed by atoms with Crippen LogP contribution in [0.2, 0.25) is 0 Å². The molecule has 2 nitrogen and oxygen atoms in total. The molecule has 1 unspecified atom stereocenters. The first-order chi connectivity index (χ1) is 5.16. The molecule has 0 heterocycles. The van der Waals surface area contributed by atoms with Gasteiger partial charge in [0.1, 0.15) is 6.61 Å². The lowest BCUT2D eigenvalue weighted by Gasteiger charge is -1.95. The van der Waals surface area contributed by atoms with Gasteiger partial charge in [0, 0.05) is 11.5 Å². The minimum Gasteiger partial charge on any atom is -0.458 e. The number of alkyl halides is 1. The summed E-state index contributed by atoms with van der Waals surface area (Å²) >= 11 is 5.54. The Kier molecular flexibility index (Phi) is 5.57. The summed E-state index contributed by atoms with van der Waals surface area (Å²) in [5.41, 5.74) is 0. The summed E-state index contributed by atoms with van der Waals surface area (Å²) in [5.74, 6) is -0.391. The summed E-state index contributed by atoms with van der Waals surface area (Å²) < 4.78 is 4.64. The van der Waals surface area contributed by atoms with Crippen molar-refractivity contribution in [3.63, 3.8) is 0 Å². The van der Waals surface area contributed by atoms with Gasteiger partial charge in [0.25, 0.3) is 0 Å². The maximum absolute atomic E-state index is 10.7. The van der Waals surface area contributed by atoms with E-state index in [1.165, 1.54) is 12.2 Å². The lowest BCUT2D eigenvalue weighted by molar-refractivity contribution is -0.136. The fourth-order valence-electron chi connectivity index (χ4n) is 0.400. The highest BCUT2D eigenvalue weighted by Crippen LogP contribution is 1.94. The molecule has 0 spiro atoms. The number of rotatable bonds is 4. The second-order valence-corrected chi connectivity index (χ2v) is 2.64. The predicted molar refractivity (Wildman–Crippen MR) is 45.6 cm³/mol. The molecule has 0 saturated heterocycles. The van der Waals surface area contributed by atoms with Crippen LogP contribution in [-0.4, -0.2) is 18.0 Å². The van der Waals surface area contributed by atoms with Crippen molar-refractivity contribution >= 4 is 17.6 Å². The van der Waals surface area contributed by atoms with Crippen LogP contribution in [0.1, 0.15) is 6.92 Å². The number of hydrogen-bond donors (Lipinski definition) is 0. The fourth-order valence-corrected chi connectivity index (χ4v) is 0.473. The van der Waals surface area contributed by atoms with Crippen molar-refractivity contribution < 1.29 is 9.53 Å². The molecule has 0 N–H and O–H groups in total. The van der Waals surface area contributed by atoms with E-state index in [9.17, 15) is 4.79 Å². The molecule has 11 heavy (non-hydrogen) atoms. The fraction of sp³-hybridized carbons (Fsp3) is 0.375. The van der Waals surface area contributed by atoms with Gasteiger partial charge in [0.2, 0.25) is 0 Å². The maximum Gasteiger partial charge on any atom is 0.330 e. The van der Waals surface area contributed by atoms with E-state index in [1.807, 2.05) is 0 Å². The van der Waals surface area contributed by atoms with Crippen LogP contribution < -0.4 is 0 Å². The van der Waals surface area contributed by atoms with E-state index in [0.717, 1.165) is 0 Å². The van der Waals surface area contributed by atoms with E-state index >= 15 is 0 Å². The highest BCUT2D eigenvalue weighted by molar-refractivity contribution is 6.21. The lowest BCUT2D eigenvalue weighted by Crippen LogP contribution is -2.00. The molecule has 0 amide bonds. The average molecular weight is 175 g/mol. The molecule has 0 saturated carbocycles. The Morgan fingerprint density at radius 1 is 1.82 bits per heavy atom. The molecule has 62 valence electrons. The Morgan fingerprint density at radius 3 is 2.91 bits per heavy atom. The van der Waals surface area contributed by atoms with Crippen LogP contribution in [0, 0.1) is 0 Å². The molecular formula is C8H11ClO2. The SMILES string of the molecule is C=CCOC(=O)/C=C/C(C)Cl. The Balaban J connectivity index is 3.59. The molecule has 0 aliphatic heterocycles. The largest absolute Gasteiger partial charge is 0.458 e. The zero-order valence-corrected chi connectivity index (χ0v) is 7.17. The smallest absolute Gasteiger partial charge is 0.330 e. The van der Waals surface area contributed by atoms with Crippen molar-refractivity contribution in [2.75, 3.05) is 6.61 Å². The third-order valence-corrected chi connectivity index (χ3v) is 0.986. The van der Waals surface area contributed by atoms with Gasteiger partial charge >= 0.3 is 5.97 Å². The molecule has 0 radical (unpaired) electrons. The number of ether oxygens (including phenoxy) is 1. The van der Waals surface area contributed by atoms with Gasteiger partial charge in [-0.3, -0.25) is 0 Å². The second-order valence-electron chi connectivity index (χ2n) is 1.96. The van der Waals surface area contributed by atoms with Crippen molar-refractivity contribution in [2.45, 2.75) is 12.3 Å². The van der Waals surface area contributed by atoms with Crippen LogP contribution in [0.15, 0.2) is 24.8 Å². The number of carbonyl (C=O) groups is 1. The Labute approximate surface area is 71.5 Å². The van der Waals surface area contributed by atoms with Crippen molar-refractivity contribution in [2.24, 2.45) is 0 Å². The van der Waals surface area contributed by atoms with E-state index in [4.69, 9.17) is 11.6 Å². The van der Waals surface area contributed by atoms with Gasteiger partial charge in [-0.1, -0.05) is 18.7 Å². The van der Waals surface area contributed by atoms with Crippen molar-refractivity contribution in [1.82, 2.24) is 0 Å². The van der Waals surface area contributed by atoms with Gasteiger partial charge in [0.15, 0.2) is 0 Å². The second kappa shape index (κ2) is 5.98. The minimum atomic E-state index is -0.391. The topological polar surface area (TPSA) is 26.3 Å². The molecule has 0 fully saturated rings. The molecule has 1 atom stereocenters. The van der Waals surface area contributed by atoms with Crippen molar-refractivity contribution in [1.29, 1.82) is 0 Å². The summed E-state index contributed by atoms with van der Waals surface area (Å²) in [4.78, 5) is 10.7. The molecule has 0 aliphatic rings. The third-order valence-electron chi connectivity index (χ3n) is 0.841. The molecule has 0 aromatic heterocycles. The zero-order valence-electron chi connectivity index (χ0n) is 6.42. The molecule has 0 rings (SSSR count). The number of carbonyl (C=O) groups excluding carboxylic acids is 1. The number of hydrogen-bond acceptors (Lipinski definition) is 2. The maximum atomic E-state index is 10.7. The third kappa shape index (κ3) is 7.13. The van der Waals surface area contributed by atoms with Gasteiger partial charge in [0.05, 0.1) is 0 Å². The molecule has 0 aliphatic carbocycles. The van der Waals surface area contributed by atoms with Crippen LogP contribution in [0.25, 0.3) is 0 Å². The lowest BCUT2D eigenvalue weighted by atomic mass is 10.4. The first kappa shape index (κ1) is 10.2. The molecule has 3 heteroatoms. The first-order valence-electron chi connectivity index (χ1n) is 3.26. The molecule has 0 aromatic carbocycles. The molecule has 0 bridgehead atoms. The Morgan fingerprint density at radius 2 is 2.45 bits per heavy atom. The van der Waals surface area contributed by atoms with Crippen LogP contribution in [0.5, 0.6) is 0 Å². The Bertz CT molecular complexity index is 161. The predicted octanol–water partition coefficient (Wildman–Crippen LogP) is 1.90. The van der Waals surface area contributed by atoms with Gasteiger partial charge in [-0.05, 0) is 6.92 Å². The Hall–Kier alpha value is -0.760. The van der Waals surface area contributed by atoms with E-state index in [2.05, 4.69) is 11.3 Å². The van der Waals surface area contributed by atoms with Crippen molar-refractivity contribution in [3.8, 4) is 0 Å². The van der Waals surface area contributed by atoms with Crippen LogP contribution in [-0.2, 0) is 9.53 Å². The standard InChI is InChI=1S/C8H11ClO2/c1-3-6-11-8(10)5-4-7(2)9/h3-5,7H,1,6H2,2H3/b5-4+. The van der Waals surface area contributed by atoms with Crippen LogP contribution >= 0.6 is 11.6 Å². The minimum absolute atomic E-state index is 0.147. The molecule has 0 aromatic rings. The van der Waals surface area contributed by atoms with Crippen LogP contribution in [0.3, 0.4) is 0 Å². The summed E-state index contributed by atoms with van der Waals surface area (Å²) in [6, 6.07) is 0. The van der Waals surface area contributed by atoms with Gasteiger partial charge < -0.3 is 4.74 Å². The molecular weight excluding hydrogens is 164 g/mol. The monoisotopic (exact) mass is 174 g/mol. The zero-order chi connectivity index (χ0) is 8.69. The summed E-state index contributed by atoms with van der Waals surface area (Å²) in [6.45, 7) is 5.40. The number of esters is 1. The summed E-state index contributed by atoms with van der Waals surface area (Å²) in [6.07, 6.45) is 4.38. The summed E-state index contributed by atoms with van der Waals surface area (Å²) in [7, 11) is 0. The van der Waals surface area contributed by atoms with Crippen LogP contribution in [0.4, 0.5) is 0 Å². The van der Waals surface area contributed by atoms with E-state index in [1.54, 1.807) is 13.0 Å². The summed E-state index contributed by atoms with van der Waals surface area (Å²) in [5, 5.41) is -0.147. The number of halogens is 1. The van der Waals surface area contributed by atoms with Gasteiger partial charge in [-0.15, -0.1) is 11.6 Å². The average Bonchev–Trinajstić information content (AvgIpc) is 1.97. The van der Waals surface area contributed by atoms with E-state index in [-0.39, 0.29) is 12.0 Å². The van der Waals surface area contributed by atoms with E-state index < -0.39 is 5.97 Å².